The molecule has 0 radical (unpaired) electrons. The van der Waals surface area contributed by atoms with E-state index in [-0.39, 0.29) is 37.1 Å². The summed E-state index contributed by atoms with van der Waals surface area (Å²) in [4.78, 5) is 42.6. The molecule has 278 valence electrons. The molecule has 0 spiro atoms. The number of nitrogens with one attached hydrogen (secondary N) is 2. The van der Waals surface area contributed by atoms with Crippen molar-refractivity contribution >= 4 is 27.7 Å². The Morgan fingerprint density at radius 3 is 1.92 bits per heavy atom. The fourth-order valence-corrected chi connectivity index (χ4v) is 9.78. The van der Waals surface area contributed by atoms with Crippen molar-refractivity contribution in [2.24, 2.45) is 23.7 Å². The van der Waals surface area contributed by atoms with Gasteiger partial charge in [0, 0.05) is 58.5 Å². The number of amides is 3. The zero-order chi connectivity index (χ0) is 35.3. The van der Waals surface area contributed by atoms with Gasteiger partial charge in [-0.25, -0.2) is 17.7 Å². The fraction of sp³-hybridized carbons (Fsp3) is 0.917. The number of sulfonamides is 1. The van der Waals surface area contributed by atoms with Crippen LogP contribution >= 0.6 is 0 Å². The molecule has 12 heteroatoms. The lowest BCUT2D eigenvalue weighted by Gasteiger charge is -2.38. The van der Waals surface area contributed by atoms with Gasteiger partial charge in [-0.05, 0) is 63.2 Å². The lowest BCUT2D eigenvalue weighted by atomic mass is 9.79. The van der Waals surface area contributed by atoms with E-state index in [4.69, 9.17) is 0 Å². The minimum atomic E-state index is -3.71. The summed E-state index contributed by atoms with van der Waals surface area (Å²) in [6, 6.07) is -0.554. The molecule has 5 unspecified atom stereocenters. The predicted octanol–water partition coefficient (Wildman–Crippen LogP) is 4.45. The monoisotopic (exact) mass is 697 g/mol. The van der Waals surface area contributed by atoms with Crippen molar-refractivity contribution in [3.05, 3.63) is 0 Å². The number of hydrazine groups is 1. The molecule has 3 amide bonds. The summed E-state index contributed by atoms with van der Waals surface area (Å²) in [6.45, 7) is 7.88. The van der Waals surface area contributed by atoms with E-state index in [9.17, 15) is 27.9 Å². The molecular formula is C36H67N5O6S. The quantitative estimate of drug-likeness (QED) is 0.180. The lowest BCUT2D eigenvalue weighted by Crippen LogP contribution is -2.55. The first-order valence-electron chi connectivity index (χ1n) is 19.1. The predicted molar refractivity (Wildman–Crippen MR) is 190 cm³/mol. The van der Waals surface area contributed by atoms with Crippen LogP contribution in [0.1, 0.15) is 130 Å². The van der Waals surface area contributed by atoms with Crippen LogP contribution in [0, 0.1) is 23.7 Å². The minimum Gasteiger partial charge on any atom is -0.390 e. The Morgan fingerprint density at radius 2 is 1.38 bits per heavy atom. The summed E-state index contributed by atoms with van der Waals surface area (Å²) >= 11 is 0. The number of carbonyl (C=O) groups excluding carboxylic acids is 3. The summed E-state index contributed by atoms with van der Waals surface area (Å²) in [5.74, 6) is -0.864. The van der Waals surface area contributed by atoms with Crippen molar-refractivity contribution in [2.45, 2.75) is 147 Å². The van der Waals surface area contributed by atoms with Crippen molar-refractivity contribution in [1.29, 1.82) is 0 Å². The molecule has 3 N–H and O–H groups in total. The summed E-state index contributed by atoms with van der Waals surface area (Å²) in [5, 5.41) is 15.7. The second kappa shape index (κ2) is 20.2. The highest BCUT2D eigenvalue weighted by Crippen LogP contribution is 2.36. The SMILES string of the molecule is CCCN(CCC)C(=O)C1CC(C(=O)NC(CC2CCCCC2)C(O)CN(CC)NC(=O)CC2CCCCC2)CC(S(=O)(=O)N(C)C)C1. The van der Waals surface area contributed by atoms with E-state index in [0.29, 0.717) is 50.7 Å². The van der Waals surface area contributed by atoms with E-state index in [1.807, 2.05) is 25.7 Å². The molecule has 3 fully saturated rings. The lowest BCUT2D eigenvalue weighted by molar-refractivity contribution is -0.138. The van der Waals surface area contributed by atoms with Crippen LogP contribution in [0.2, 0.25) is 0 Å². The molecule has 0 aromatic carbocycles. The molecule has 11 nitrogen and oxygen atoms in total. The summed E-state index contributed by atoms with van der Waals surface area (Å²) in [7, 11) is -0.705. The van der Waals surface area contributed by atoms with Crippen LogP contribution in [0.25, 0.3) is 0 Å². The minimum absolute atomic E-state index is 0.0323. The van der Waals surface area contributed by atoms with Gasteiger partial charge in [0.1, 0.15) is 0 Å². The van der Waals surface area contributed by atoms with Crippen LogP contribution in [0.4, 0.5) is 0 Å². The average Bonchev–Trinajstić information content (AvgIpc) is 3.07. The number of nitrogens with zero attached hydrogens (tertiary/aromatic N) is 3. The first kappa shape index (κ1) is 40.7. The number of likely N-dealkylation sites (N-methyl/N-ethyl adjacent to an activating group) is 1. The van der Waals surface area contributed by atoms with Crippen LogP contribution in [0.5, 0.6) is 0 Å². The second-order valence-corrected chi connectivity index (χ2v) is 17.5. The van der Waals surface area contributed by atoms with Gasteiger partial charge in [-0.2, -0.15) is 0 Å². The van der Waals surface area contributed by atoms with Crippen molar-refractivity contribution in [1.82, 2.24) is 25.0 Å². The van der Waals surface area contributed by atoms with Gasteiger partial charge in [-0.15, -0.1) is 0 Å². The standard InChI is InChI=1S/C36H67N5O6S/c1-6-19-40(20-7-2)36(45)30-23-29(24-31(25-30)48(46,47)39(4)5)35(44)37-32(21-27-15-11-9-12-16-27)33(42)26-41(8-3)38-34(43)22-28-17-13-10-14-18-28/h27-33,42H,6-26H2,1-5H3,(H,37,44)(H,38,43). The number of rotatable bonds is 18. The van der Waals surface area contributed by atoms with Crippen LogP contribution in [0.3, 0.4) is 0 Å². The first-order chi connectivity index (χ1) is 22.9. The van der Waals surface area contributed by atoms with Gasteiger partial charge < -0.3 is 15.3 Å². The molecule has 3 saturated carbocycles. The Labute approximate surface area is 291 Å². The van der Waals surface area contributed by atoms with Crippen LogP contribution in [0.15, 0.2) is 0 Å². The maximum atomic E-state index is 14.1. The second-order valence-electron chi connectivity index (χ2n) is 15.1. The Balaban J connectivity index is 1.77. The molecule has 0 heterocycles. The Morgan fingerprint density at radius 1 is 0.812 bits per heavy atom. The molecule has 0 aromatic rings. The topological polar surface area (TPSA) is 139 Å². The highest BCUT2D eigenvalue weighted by atomic mass is 32.2. The molecule has 0 bridgehead atoms. The average molecular weight is 698 g/mol. The zero-order valence-electron chi connectivity index (χ0n) is 30.6. The van der Waals surface area contributed by atoms with Gasteiger partial charge in [0.15, 0.2) is 0 Å². The van der Waals surface area contributed by atoms with Crippen molar-refractivity contribution in [2.75, 3.05) is 40.3 Å². The number of carbonyl (C=O) groups is 3. The van der Waals surface area contributed by atoms with Crippen molar-refractivity contribution in [3.8, 4) is 0 Å². The van der Waals surface area contributed by atoms with Gasteiger partial charge >= 0.3 is 0 Å². The maximum absolute atomic E-state index is 14.1. The van der Waals surface area contributed by atoms with Gasteiger partial charge in [0.2, 0.25) is 27.7 Å². The molecule has 0 saturated heterocycles. The van der Waals surface area contributed by atoms with Crippen LogP contribution in [-0.2, 0) is 24.4 Å². The van der Waals surface area contributed by atoms with Gasteiger partial charge in [-0.3, -0.25) is 19.8 Å². The highest BCUT2D eigenvalue weighted by molar-refractivity contribution is 7.89. The van der Waals surface area contributed by atoms with Gasteiger partial charge in [0.25, 0.3) is 0 Å². The fourth-order valence-electron chi connectivity index (χ4n) is 8.23. The third-order valence-corrected chi connectivity index (χ3v) is 13.2. The molecule has 3 aliphatic carbocycles. The molecule has 0 aromatic heterocycles. The van der Waals surface area contributed by atoms with E-state index in [1.54, 1.807) is 5.01 Å². The largest absolute Gasteiger partial charge is 0.390 e. The molecule has 5 atom stereocenters. The van der Waals surface area contributed by atoms with E-state index < -0.39 is 39.3 Å². The van der Waals surface area contributed by atoms with E-state index in [1.165, 1.54) is 44.1 Å². The maximum Gasteiger partial charge on any atom is 0.234 e. The molecule has 3 rings (SSSR count). The smallest absolute Gasteiger partial charge is 0.234 e. The summed E-state index contributed by atoms with van der Waals surface area (Å²) < 4.78 is 28.0. The van der Waals surface area contributed by atoms with Crippen LogP contribution < -0.4 is 10.7 Å². The number of hydrogen-bond donors (Lipinski definition) is 3. The molecule has 3 aliphatic rings. The van der Waals surface area contributed by atoms with E-state index >= 15 is 0 Å². The highest BCUT2D eigenvalue weighted by Gasteiger charge is 2.44. The Kier molecular flexibility index (Phi) is 17.1. The van der Waals surface area contributed by atoms with Gasteiger partial charge in [0.05, 0.1) is 17.4 Å². The number of hydrogen-bond acceptors (Lipinski definition) is 7. The first-order valence-corrected chi connectivity index (χ1v) is 20.6. The van der Waals surface area contributed by atoms with E-state index in [0.717, 1.165) is 51.4 Å². The number of aliphatic hydroxyl groups excluding tert-OH is 1. The number of aliphatic hydroxyl groups is 1. The molecular weight excluding hydrogens is 630 g/mol. The van der Waals surface area contributed by atoms with E-state index in [2.05, 4.69) is 10.7 Å². The van der Waals surface area contributed by atoms with Crippen molar-refractivity contribution < 1.29 is 27.9 Å². The zero-order valence-corrected chi connectivity index (χ0v) is 31.4. The Bertz CT molecular complexity index is 1100. The Hall–Kier alpha value is -1.76. The third-order valence-electron chi connectivity index (χ3n) is 11.0. The van der Waals surface area contributed by atoms with Gasteiger partial charge in [-0.1, -0.05) is 72.1 Å². The molecule has 48 heavy (non-hydrogen) atoms. The molecule has 0 aliphatic heterocycles. The summed E-state index contributed by atoms with van der Waals surface area (Å²) in [5.41, 5.74) is 3.01. The van der Waals surface area contributed by atoms with Crippen molar-refractivity contribution in [3.63, 3.8) is 0 Å². The summed E-state index contributed by atoms with van der Waals surface area (Å²) in [6.07, 6.45) is 13.7. The normalized spacial score (nSPS) is 24.3. The van der Waals surface area contributed by atoms with Crippen LogP contribution in [-0.4, -0.2) is 103 Å². The third kappa shape index (κ3) is 12.2.